The van der Waals surface area contributed by atoms with Crippen LogP contribution in [0, 0.1) is 5.82 Å². The van der Waals surface area contributed by atoms with E-state index in [-0.39, 0.29) is 5.82 Å². The Morgan fingerprint density at radius 1 is 1.31 bits per heavy atom. The van der Waals surface area contributed by atoms with E-state index < -0.39 is 5.60 Å². The number of methoxy groups -OCH3 is 1. The van der Waals surface area contributed by atoms with Gasteiger partial charge in [0.1, 0.15) is 17.2 Å². The summed E-state index contributed by atoms with van der Waals surface area (Å²) in [6, 6.07) is 5.92. The average Bonchev–Trinajstić information content (AvgIpc) is 2.56. The molecule has 1 atom stereocenters. The summed E-state index contributed by atoms with van der Waals surface area (Å²) in [6.45, 7) is 1.94. The van der Waals surface area contributed by atoms with Crippen LogP contribution in [0.5, 0.6) is 0 Å². The van der Waals surface area contributed by atoms with Crippen molar-refractivity contribution >= 4 is 0 Å². The van der Waals surface area contributed by atoms with Crippen molar-refractivity contribution in [1.82, 2.24) is 0 Å². The Balaban J connectivity index is 2.43. The van der Waals surface area contributed by atoms with Gasteiger partial charge in [0.05, 0.1) is 7.11 Å². The van der Waals surface area contributed by atoms with Gasteiger partial charge in [-0.3, -0.25) is 0 Å². The smallest absolute Gasteiger partial charge is 0.147 e. The molecule has 2 nitrogen and oxygen atoms in total. The molecule has 86 valence electrons. The van der Waals surface area contributed by atoms with Gasteiger partial charge in [-0.05, 0) is 43.0 Å². The van der Waals surface area contributed by atoms with E-state index >= 15 is 0 Å². The van der Waals surface area contributed by atoms with Gasteiger partial charge in [0.2, 0.25) is 0 Å². The Hall–Kier alpha value is -1.35. The van der Waals surface area contributed by atoms with E-state index in [1.54, 1.807) is 19.2 Å². The van der Waals surface area contributed by atoms with Crippen LogP contribution in [0.1, 0.15) is 25.3 Å². The van der Waals surface area contributed by atoms with Crippen molar-refractivity contribution in [2.45, 2.75) is 25.4 Å². The van der Waals surface area contributed by atoms with Crippen LogP contribution in [-0.4, -0.2) is 12.2 Å². The van der Waals surface area contributed by atoms with Gasteiger partial charge >= 0.3 is 0 Å². The molecule has 1 N–H and O–H groups in total. The zero-order chi connectivity index (χ0) is 11.8. The molecule has 1 aromatic carbocycles. The minimum absolute atomic E-state index is 0.301. The first kappa shape index (κ1) is 11.1. The first-order valence-electron chi connectivity index (χ1n) is 5.30. The monoisotopic (exact) mass is 222 g/mol. The lowest BCUT2D eigenvalue weighted by Crippen LogP contribution is -2.26. The zero-order valence-electron chi connectivity index (χ0n) is 9.46. The predicted octanol–water partition coefficient (Wildman–Crippen LogP) is 2.73. The van der Waals surface area contributed by atoms with Crippen LogP contribution in [0.25, 0.3) is 0 Å². The quantitative estimate of drug-likeness (QED) is 0.833. The van der Waals surface area contributed by atoms with Crippen LogP contribution in [0.15, 0.2) is 35.6 Å². The molecule has 0 radical (unpaired) electrons. The van der Waals surface area contributed by atoms with E-state index in [1.807, 2.05) is 6.92 Å². The first-order valence-corrected chi connectivity index (χ1v) is 5.30. The fourth-order valence-electron chi connectivity index (χ4n) is 2.29. The summed E-state index contributed by atoms with van der Waals surface area (Å²) in [5.41, 5.74) is 0.643. The number of hydrogen-bond donors (Lipinski definition) is 1. The lowest BCUT2D eigenvalue weighted by Gasteiger charge is -2.26. The van der Waals surface area contributed by atoms with Crippen molar-refractivity contribution in [2.24, 2.45) is 0 Å². The summed E-state index contributed by atoms with van der Waals surface area (Å²) in [5, 5.41) is 10.6. The van der Waals surface area contributed by atoms with Crippen molar-refractivity contribution in [2.75, 3.05) is 7.11 Å². The van der Waals surface area contributed by atoms with Crippen LogP contribution in [0.3, 0.4) is 0 Å². The summed E-state index contributed by atoms with van der Waals surface area (Å²) >= 11 is 0. The van der Waals surface area contributed by atoms with Gasteiger partial charge < -0.3 is 9.84 Å². The molecule has 0 fully saturated rings. The number of allylic oxidation sites excluding steroid dienone is 1. The molecule has 0 amide bonds. The first-order chi connectivity index (χ1) is 7.58. The molecule has 16 heavy (non-hydrogen) atoms. The zero-order valence-corrected chi connectivity index (χ0v) is 9.46. The molecular formula is C13H15FO2. The molecule has 0 saturated heterocycles. The minimum atomic E-state index is -1.09. The van der Waals surface area contributed by atoms with Crippen molar-refractivity contribution < 1.29 is 14.2 Å². The highest BCUT2D eigenvalue weighted by molar-refractivity contribution is 5.36. The van der Waals surface area contributed by atoms with E-state index in [4.69, 9.17) is 4.74 Å². The van der Waals surface area contributed by atoms with Crippen molar-refractivity contribution in [3.8, 4) is 0 Å². The van der Waals surface area contributed by atoms with Gasteiger partial charge in [-0.2, -0.15) is 0 Å². The van der Waals surface area contributed by atoms with Crippen LogP contribution in [0.2, 0.25) is 0 Å². The maximum absolute atomic E-state index is 12.8. The highest BCUT2D eigenvalue weighted by Crippen LogP contribution is 2.43. The molecule has 1 aliphatic carbocycles. The van der Waals surface area contributed by atoms with Gasteiger partial charge in [0, 0.05) is 0 Å². The molecule has 1 aromatic rings. The van der Waals surface area contributed by atoms with Crippen LogP contribution < -0.4 is 0 Å². The van der Waals surface area contributed by atoms with Gasteiger partial charge in [0.25, 0.3) is 0 Å². The Bertz CT molecular complexity index is 422. The molecule has 0 spiro atoms. The van der Waals surface area contributed by atoms with Gasteiger partial charge in [0.15, 0.2) is 0 Å². The van der Waals surface area contributed by atoms with E-state index in [1.165, 1.54) is 12.1 Å². The Morgan fingerprint density at radius 2 is 1.94 bits per heavy atom. The molecule has 0 saturated carbocycles. The lowest BCUT2D eigenvalue weighted by molar-refractivity contribution is 0.0235. The number of rotatable bonds is 2. The van der Waals surface area contributed by atoms with E-state index in [0.717, 1.165) is 12.0 Å². The lowest BCUT2D eigenvalue weighted by atomic mass is 9.92. The van der Waals surface area contributed by atoms with Crippen LogP contribution in [0.4, 0.5) is 4.39 Å². The van der Waals surface area contributed by atoms with Crippen molar-refractivity contribution in [3.05, 3.63) is 47.0 Å². The fraction of sp³-hybridized carbons (Fsp3) is 0.385. The topological polar surface area (TPSA) is 29.5 Å². The predicted molar refractivity (Wildman–Crippen MR) is 59.2 cm³/mol. The summed E-state index contributed by atoms with van der Waals surface area (Å²) < 4.78 is 18.1. The molecule has 2 rings (SSSR count). The fourth-order valence-corrected chi connectivity index (χ4v) is 2.29. The normalized spacial score (nSPS) is 25.0. The molecular weight excluding hydrogens is 207 g/mol. The van der Waals surface area contributed by atoms with Crippen molar-refractivity contribution in [3.63, 3.8) is 0 Å². The highest BCUT2D eigenvalue weighted by Gasteiger charge is 2.40. The second-order valence-corrected chi connectivity index (χ2v) is 4.18. The van der Waals surface area contributed by atoms with Gasteiger partial charge in [-0.25, -0.2) is 4.39 Å². The number of aliphatic hydroxyl groups is 1. The highest BCUT2D eigenvalue weighted by atomic mass is 19.1. The summed E-state index contributed by atoms with van der Waals surface area (Å²) in [4.78, 5) is 0. The third-order valence-corrected chi connectivity index (χ3v) is 3.15. The molecule has 0 aliphatic heterocycles. The summed E-state index contributed by atoms with van der Waals surface area (Å²) in [5.74, 6) is 0.295. The number of benzene rings is 1. The molecule has 0 bridgehead atoms. The summed E-state index contributed by atoms with van der Waals surface area (Å²) in [7, 11) is 1.55. The Kier molecular flexibility index (Phi) is 2.72. The molecule has 0 heterocycles. The molecule has 3 heteroatoms. The third kappa shape index (κ3) is 1.61. The van der Waals surface area contributed by atoms with Gasteiger partial charge in [-0.1, -0.05) is 12.1 Å². The van der Waals surface area contributed by atoms with E-state index in [0.29, 0.717) is 17.7 Å². The number of halogens is 1. The molecule has 0 aromatic heterocycles. The summed E-state index contributed by atoms with van der Waals surface area (Å²) in [6.07, 6.45) is 1.39. The second-order valence-electron chi connectivity index (χ2n) is 4.18. The number of hydrogen-bond acceptors (Lipinski definition) is 2. The molecule has 1 aliphatic rings. The maximum Gasteiger partial charge on any atom is 0.147 e. The maximum atomic E-state index is 12.8. The average molecular weight is 222 g/mol. The minimum Gasteiger partial charge on any atom is -0.498 e. The van der Waals surface area contributed by atoms with E-state index in [9.17, 15) is 9.50 Å². The second kappa shape index (κ2) is 3.91. The molecule has 1 unspecified atom stereocenters. The number of ether oxygens (including phenoxy) is 1. The van der Waals surface area contributed by atoms with Crippen LogP contribution >= 0.6 is 0 Å². The SMILES string of the molecule is COC1=C(C)CCC1(O)c1ccc(F)cc1. The van der Waals surface area contributed by atoms with Crippen LogP contribution in [-0.2, 0) is 10.3 Å². The van der Waals surface area contributed by atoms with E-state index in [2.05, 4.69) is 0 Å². The largest absolute Gasteiger partial charge is 0.498 e. The Labute approximate surface area is 94.4 Å². The third-order valence-electron chi connectivity index (χ3n) is 3.15. The van der Waals surface area contributed by atoms with Crippen molar-refractivity contribution in [1.29, 1.82) is 0 Å². The Morgan fingerprint density at radius 3 is 2.50 bits per heavy atom. The standard InChI is InChI=1S/C13H15FO2/c1-9-7-8-13(15,12(9)16-2)10-3-5-11(14)6-4-10/h3-6,15H,7-8H2,1-2H3. The van der Waals surface area contributed by atoms with Gasteiger partial charge in [-0.15, -0.1) is 0 Å².